The number of aryl methyl sites for hydroxylation is 1. The van der Waals surface area contributed by atoms with Gasteiger partial charge in [-0.25, -0.2) is 4.98 Å². The number of hydrogen-bond donors (Lipinski definition) is 2. The molecule has 4 nitrogen and oxygen atoms in total. The number of nitrogens with one attached hydrogen (secondary N) is 1. The van der Waals surface area contributed by atoms with Crippen molar-refractivity contribution in [2.45, 2.75) is 13.8 Å². The average molecular weight is 280 g/mol. The maximum absolute atomic E-state index is 12.2. The van der Waals surface area contributed by atoms with Crippen LogP contribution < -0.4 is 5.32 Å². The van der Waals surface area contributed by atoms with Crippen LogP contribution in [0, 0.1) is 25.7 Å². The smallest absolute Gasteiger partial charge is 0.274 e. The molecule has 0 bridgehead atoms. The molecule has 0 radical (unpaired) electrons. The van der Waals surface area contributed by atoms with Gasteiger partial charge < -0.3 is 10.4 Å². The minimum atomic E-state index is -0.259. The van der Waals surface area contributed by atoms with E-state index in [1.807, 2.05) is 32.0 Å². The number of rotatable bonds is 2. The molecule has 1 aromatic carbocycles. The minimum Gasteiger partial charge on any atom is -0.384 e. The number of aliphatic hydroxyl groups is 1. The Hall–Kier alpha value is -2.64. The number of carbonyl (C=O) groups excluding carboxylic acids is 1. The third-order valence-electron chi connectivity index (χ3n) is 3.16. The zero-order valence-electron chi connectivity index (χ0n) is 12.0. The molecule has 0 unspecified atom stereocenters. The fourth-order valence-electron chi connectivity index (χ4n) is 1.82. The summed E-state index contributed by atoms with van der Waals surface area (Å²) in [6.45, 7) is 3.76. The molecule has 21 heavy (non-hydrogen) atoms. The van der Waals surface area contributed by atoms with Crippen molar-refractivity contribution in [2.24, 2.45) is 0 Å². The molecule has 1 aromatic heterocycles. The van der Waals surface area contributed by atoms with Gasteiger partial charge in [-0.2, -0.15) is 0 Å². The zero-order valence-corrected chi connectivity index (χ0v) is 12.0. The first-order valence-electron chi connectivity index (χ1n) is 6.55. The Morgan fingerprint density at radius 1 is 1.29 bits per heavy atom. The molecule has 0 aliphatic rings. The van der Waals surface area contributed by atoms with Gasteiger partial charge in [0.05, 0.1) is 0 Å². The molecule has 0 atom stereocenters. The average Bonchev–Trinajstić information content (AvgIpc) is 2.50. The summed E-state index contributed by atoms with van der Waals surface area (Å²) in [6.07, 6.45) is 1.51. The van der Waals surface area contributed by atoms with Gasteiger partial charge in [0, 0.05) is 17.4 Å². The molecular weight excluding hydrogens is 264 g/mol. The van der Waals surface area contributed by atoms with E-state index in [9.17, 15) is 4.79 Å². The third-order valence-corrected chi connectivity index (χ3v) is 3.16. The van der Waals surface area contributed by atoms with Crippen LogP contribution in [0.2, 0.25) is 0 Å². The molecular formula is C17H16N2O2. The van der Waals surface area contributed by atoms with Gasteiger partial charge in [-0.1, -0.05) is 24.0 Å². The molecule has 0 fully saturated rings. The Kier molecular flexibility index (Phi) is 4.70. The number of pyridine rings is 1. The van der Waals surface area contributed by atoms with Gasteiger partial charge in [0.1, 0.15) is 12.3 Å². The summed E-state index contributed by atoms with van der Waals surface area (Å²) in [4.78, 5) is 16.2. The van der Waals surface area contributed by atoms with Crippen LogP contribution in [-0.4, -0.2) is 22.6 Å². The largest absolute Gasteiger partial charge is 0.384 e. The third kappa shape index (κ3) is 3.68. The SMILES string of the molecule is Cc1cccc(NC(=O)c2ccc(C#CCO)cn2)c1C. The molecule has 0 saturated carbocycles. The highest BCUT2D eigenvalue weighted by Crippen LogP contribution is 2.18. The van der Waals surface area contributed by atoms with E-state index in [2.05, 4.69) is 22.1 Å². The molecule has 2 rings (SSSR count). The van der Waals surface area contributed by atoms with Crippen LogP contribution in [0.5, 0.6) is 0 Å². The topological polar surface area (TPSA) is 62.2 Å². The Bertz CT molecular complexity index is 710. The number of nitrogens with zero attached hydrogens (tertiary/aromatic N) is 1. The second-order valence-corrected chi connectivity index (χ2v) is 4.59. The van der Waals surface area contributed by atoms with Crippen LogP contribution in [-0.2, 0) is 0 Å². The van der Waals surface area contributed by atoms with Gasteiger partial charge in [-0.3, -0.25) is 4.79 Å². The fourth-order valence-corrected chi connectivity index (χ4v) is 1.82. The summed E-state index contributed by atoms with van der Waals surface area (Å²) in [7, 11) is 0. The van der Waals surface area contributed by atoms with Crippen LogP contribution in [0.4, 0.5) is 5.69 Å². The lowest BCUT2D eigenvalue weighted by Crippen LogP contribution is -2.14. The highest BCUT2D eigenvalue weighted by molar-refractivity contribution is 6.03. The predicted octanol–water partition coefficient (Wildman–Crippen LogP) is 2.29. The Balaban J connectivity index is 2.15. The molecule has 2 N–H and O–H groups in total. The van der Waals surface area contributed by atoms with Crippen molar-refractivity contribution >= 4 is 11.6 Å². The Labute approximate surface area is 123 Å². The highest BCUT2D eigenvalue weighted by Gasteiger charge is 2.09. The number of aromatic nitrogens is 1. The summed E-state index contributed by atoms with van der Waals surface area (Å²) < 4.78 is 0. The lowest BCUT2D eigenvalue weighted by Gasteiger charge is -2.09. The van der Waals surface area contributed by atoms with E-state index in [-0.39, 0.29) is 12.5 Å². The molecule has 0 spiro atoms. The number of benzene rings is 1. The quantitative estimate of drug-likeness (QED) is 0.830. The number of carbonyl (C=O) groups is 1. The second kappa shape index (κ2) is 6.69. The van der Waals surface area contributed by atoms with E-state index in [1.54, 1.807) is 12.1 Å². The van der Waals surface area contributed by atoms with Crippen LogP contribution in [0.3, 0.4) is 0 Å². The van der Waals surface area contributed by atoms with Crippen molar-refractivity contribution in [3.63, 3.8) is 0 Å². The molecule has 0 saturated heterocycles. The van der Waals surface area contributed by atoms with Gasteiger partial charge in [-0.15, -0.1) is 0 Å². The summed E-state index contributed by atoms with van der Waals surface area (Å²) in [5.41, 5.74) is 3.93. The van der Waals surface area contributed by atoms with Gasteiger partial charge in [0.2, 0.25) is 0 Å². The number of amides is 1. The van der Waals surface area contributed by atoms with Crippen LogP contribution in [0.25, 0.3) is 0 Å². The fraction of sp³-hybridized carbons (Fsp3) is 0.176. The van der Waals surface area contributed by atoms with Gasteiger partial charge in [0.25, 0.3) is 5.91 Å². The first kappa shape index (κ1) is 14.8. The first-order valence-corrected chi connectivity index (χ1v) is 6.55. The normalized spacial score (nSPS) is 9.67. The number of aliphatic hydroxyl groups excluding tert-OH is 1. The van der Waals surface area contributed by atoms with Gasteiger partial charge in [-0.05, 0) is 43.2 Å². The Morgan fingerprint density at radius 2 is 2.10 bits per heavy atom. The van der Waals surface area contributed by atoms with Crippen molar-refractivity contribution in [3.8, 4) is 11.8 Å². The monoisotopic (exact) mass is 280 g/mol. The molecule has 1 heterocycles. The Morgan fingerprint density at radius 3 is 2.76 bits per heavy atom. The minimum absolute atomic E-state index is 0.200. The van der Waals surface area contributed by atoms with E-state index in [0.717, 1.165) is 16.8 Å². The van der Waals surface area contributed by atoms with Gasteiger partial charge >= 0.3 is 0 Å². The number of anilines is 1. The van der Waals surface area contributed by atoms with E-state index < -0.39 is 0 Å². The summed E-state index contributed by atoms with van der Waals surface area (Å²) >= 11 is 0. The number of hydrogen-bond acceptors (Lipinski definition) is 3. The van der Waals surface area contributed by atoms with Crippen molar-refractivity contribution in [1.29, 1.82) is 0 Å². The zero-order chi connectivity index (χ0) is 15.2. The maximum Gasteiger partial charge on any atom is 0.274 e. The predicted molar refractivity (Wildman–Crippen MR) is 82.1 cm³/mol. The van der Waals surface area contributed by atoms with Crippen molar-refractivity contribution in [1.82, 2.24) is 4.98 Å². The molecule has 4 heteroatoms. The summed E-state index contributed by atoms with van der Waals surface area (Å²) in [5, 5.41) is 11.5. The van der Waals surface area contributed by atoms with E-state index in [0.29, 0.717) is 11.3 Å². The molecule has 1 amide bonds. The second-order valence-electron chi connectivity index (χ2n) is 4.59. The van der Waals surface area contributed by atoms with Crippen molar-refractivity contribution < 1.29 is 9.90 Å². The molecule has 2 aromatic rings. The van der Waals surface area contributed by atoms with E-state index in [4.69, 9.17) is 5.11 Å². The van der Waals surface area contributed by atoms with Crippen molar-refractivity contribution in [2.75, 3.05) is 11.9 Å². The summed E-state index contributed by atoms with van der Waals surface area (Å²) in [6, 6.07) is 9.08. The van der Waals surface area contributed by atoms with Crippen LogP contribution in [0.15, 0.2) is 36.5 Å². The molecule has 0 aliphatic carbocycles. The molecule has 0 aliphatic heterocycles. The van der Waals surface area contributed by atoms with Crippen LogP contribution >= 0.6 is 0 Å². The molecule has 106 valence electrons. The van der Waals surface area contributed by atoms with Crippen molar-refractivity contribution in [3.05, 3.63) is 58.9 Å². The maximum atomic E-state index is 12.2. The lowest BCUT2D eigenvalue weighted by molar-refractivity contribution is 0.102. The lowest BCUT2D eigenvalue weighted by atomic mass is 10.1. The van der Waals surface area contributed by atoms with E-state index in [1.165, 1.54) is 6.20 Å². The standard InChI is InChI=1S/C17H16N2O2/c1-12-5-3-7-15(13(12)2)19-17(21)16-9-8-14(11-18-16)6-4-10-20/h3,5,7-9,11,20H,10H2,1-2H3,(H,19,21). The first-order chi connectivity index (χ1) is 10.1. The highest BCUT2D eigenvalue weighted by atomic mass is 16.2. The van der Waals surface area contributed by atoms with Crippen LogP contribution in [0.1, 0.15) is 27.2 Å². The van der Waals surface area contributed by atoms with E-state index >= 15 is 0 Å². The summed E-state index contributed by atoms with van der Waals surface area (Å²) in [5.74, 6) is 5.01. The van der Waals surface area contributed by atoms with Gasteiger partial charge in [0.15, 0.2) is 0 Å².